The lowest BCUT2D eigenvalue weighted by atomic mass is 10.1. The van der Waals surface area contributed by atoms with E-state index in [1.165, 1.54) is 30.0 Å². The molecule has 0 radical (unpaired) electrons. The number of halogens is 1. The molecule has 1 aromatic rings. The zero-order valence-electron chi connectivity index (χ0n) is 10.8. The summed E-state index contributed by atoms with van der Waals surface area (Å²) in [5.74, 6) is -0.123. The Bertz CT molecular complexity index is 435. The average molecular weight is 271 g/mol. The number of carbonyl (C=O) groups excluding carboxylic acids is 1. The summed E-state index contributed by atoms with van der Waals surface area (Å²) < 4.78 is 12.9. The Morgan fingerprint density at radius 3 is 2.78 bits per heavy atom. The van der Waals surface area contributed by atoms with Gasteiger partial charge in [0.2, 0.25) is 0 Å². The van der Waals surface area contributed by atoms with Gasteiger partial charge in [-0.25, -0.2) is 4.39 Å². The van der Waals surface area contributed by atoms with Crippen molar-refractivity contribution in [3.63, 3.8) is 0 Å². The van der Waals surface area contributed by atoms with Crippen LogP contribution in [0.2, 0.25) is 0 Å². The molecular formula is C13H18FNO2S. The average Bonchev–Trinajstić information content (AvgIpc) is 2.26. The van der Waals surface area contributed by atoms with Gasteiger partial charge in [0.1, 0.15) is 5.82 Å². The van der Waals surface area contributed by atoms with Crippen LogP contribution in [0.3, 0.4) is 0 Å². The Labute approximate surface area is 111 Å². The quantitative estimate of drug-likeness (QED) is 0.861. The van der Waals surface area contributed by atoms with Gasteiger partial charge in [-0.3, -0.25) is 4.79 Å². The molecule has 0 aliphatic heterocycles. The summed E-state index contributed by atoms with van der Waals surface area (Å²) in [6.07, 6.45) is 1.89. The minimum atomic E-state index is -0.941. The molecule has 18 heavy (non-hydrogen) atoms. The lowest BCUT2D eigenvalue weighted by Crippen LogP contribution is -2.42. The normalized spacial score (nSPS) is 14.1. The largest absolute Gasteiger partial charge is 0.387 e. The van der Waals surface area contributed by atoms with E-state index < -0.39 is 5.60 Å². The first kappa shape index (κ1) is 15.0. The highest BCUT2D eigenvalue weighted by molar-refractivity contribution is 7.98. The van der Waals surface area contributed by atoms with Crippen molar-refractivity contribution in [3.8, 4) is 0 Å². The van der Waals surface area contributed by atoms with E-state index in [1.807, 2.05) is 6.26 Å². The van der Waals surface area contributed by atoms with Gasteiger partial charge >= 0.3 is 0 Å². The summed E-state index contributed by atoms with van der Waals surface area (Å²) in [5, 5.41) is 12.6. The second-order valence-corrected chi connectivity index (χ2v) is 5.44. The summed E-state index contributed by atoms with van der Waals surface area (Å²) in [4.78, 5) is 11.9. The monoisotopic (exact) mass is 271 g/mol. The number of amides is 1. The van der Waals surface area contributed by atoms with Crippen LogP contribution in [-0.4, -0.2) is 35.2 Å². The van der Waals surface area contributed by atoms with Gasteiger partial charge in [0.25, 0.3) is 5.91 Å². The van der Waals surface area contributed by atoms with Crippen molar-refractivity contribution in [2.24, 2.45) is 0 Å². The van der Waals surface area contributed by atoms with Gasteiger partial charge in [0.15, 0.2) is 0 Å². The Morgan fingerprint density at radius 2 is 2.22 bits per heavy atom. The van der Waals surface area contributed by atoms with E-state index in [4.69, 9.17) is 0 Å². The van der Waals surface area contributed by atoms with Crippen molar-refractivity contribution in [2.75, 3.05) is 18.6 Å². The second-order valence-electron chi connectivity index (χ2n) is 4.57. The number of carbonyl (C=O) groups is 1. The number of rotatable bonds is 5. The van der Waals surface area contributed by atoms with Crippen LogP contribution in [0.5, 0.6) is 0 Å². The van der Waals surface area contributed by atoms with Crippen LogP contribution >= 0.6 is 11.8 Å². The van der Waals surface area contributed by atoms with E-state index in [2.05, 4.69) is 5.32 Å². The van der Waals surface area contributed by atoms with Crippen LogP contribution in [0, 0.1) is 12.7 Å². The molecule has 2 N–H and O–H groups in total. The zero-order valence-corrected chi connectivity index (χ0v) is 11.6. The predicted octanol–water partition coefficient (Wildman–Crippen LogP) is 1.98. The fourth-order valence-electron chi connectivity index (χ4n) is 1.61. The van der Waals surface area contributed by atoms with Crippen LogP contribution in [0.1, 0.15) is 22.8 Å². The van der Waals surface area contributed by atoms with Crippen molar-refractivity contribution in [3.05, 3.63) is 35.1 Å². The molecule has 1 atom stereocenters. The Hall–Kier alpha value is -1.07. The van der Waals surface area contributed by atoms with Crippen molar-refractivity contribution < 1.29 is 14.3 Å². The smallest absolute Gasteiger partial charge is 0.251 e. The lowest BCUT2D eigenvalue weighted by Gasteiger charge is -2.22. The van der Waals surface area contributed by atoms with E-state index in [1.54, 1.807) is 13.8 Å². The van der Waals surface area contributed by atoms with Crippen LogP contribution in [0.15, 0.2) is 18.2 Å². The van der Waals surface area contributed by atoms with Gasteiger partial charge in [-0.05, 0) is 43.9 Å². The zero-order chi connectivity index (χ0) is 13.8. The highest BCUT2D eigenvalue weighted by atomic mass is 32.2. The number of nitrogens with one attached hydrogen (secondary N) is 1. The van der Waals surface area contributed by atoms with E-state index in [0.29, 0.717) is 16.9 Å². The first-order chi connectivity index (χ1) is 8.35. The van der Waals surface area contributed by atoms with Crippen LogP contribution < -0.4 is 5.32 Å². The molecule has 0 fully saturated rings. The number of hydrogen-bond acceptors (Lipinski definition) is 3. The maximum absolute atomic E-state index is 12.9. The van der Waals surface area contributed by atoms with E-state index in [-0.39, 0.29) is 18.3 Å². The molecule has 0 aromatic heterocycles. The van der Waals surface area contributed by atoms with Crippen molar-refractivity contribution in [2.45, 2.75) is 19.4 Å². The van der Waals surface area contributed by atoms with Crippen molar-refractivity contribution in [1.29, 1.82) is 0 Å². The first-order valence-corrected chi connectivity index (χ1v) is 7.01. The van der Waals surface area contributed by atoms with Crippen molar-refractivity contribution in [1.82, 2.24) is 5.32 Å². The number of hydrogen-bond donors (Lipinski definition) is 2. The highest BCUT2D eigenvalue weighted by Crippen LogP contribution is 2.12. The second kappa shape index (κ2) is 6.20. The Kier molecular flexibility index (Phi) is 5.16. The summed E-state index contributed by atoms with van der Waals surface area (Å²) in [6.45, 7) is 3.52. The number of aryl methyl sites for hydroxylation is 1. The minimum Gasteiger partial charge on any atom is -0.387 e. The minimum absolute atomic E-state index is 0.170. The number of aliphatic hydroxyl groups is 1. The molecule has 1 amide bonds. The molecule has 1 rings (SSSR count). The third kappa shape index (κ3) is 4.31. The summed E-state index contributed by atoms with van der Waals surface area (Å²) >= 11 is 1.51. The molecule has 0 aliphatic carbocycles. The first-order valence-electron chi connectivity index (χ1n) is 5.61. The van der Waals surface area contributed by atoms with E-state index in [0.717, 1.165) is 0 Å². The van der Waals surface area contributed by atoms with Gasteiger partial charge < -0.3 is 10.4 Å². The molecule has 0 bridgehead atoms. The SMILES string of the molecule is CSCC(C)(O)CNC(=O)c1ccc(F)cc1C. The number of thioether (sulfide) groups is 1. The van der Waals surface area contributed by atoms with Crippen LogP contribution in [-0.2, 0) is 0 Å². The van der Waals surface area contributed by atoms with E-state index in [9.17, 15) is 14.3 Å². The molecule has 3 nitrogen and oxygen atoms in total. The molecule has 0 saturated heterocycles. The van der Waals surface area contributed by atoms with Crippen LogP contribution in [0.4, 0.5) is 4.39 Å². The molecule has 0 aliphatic rings. The summed E-state index contributed by atoms with van der Waals surface area (Å²) in [6, 6.07) is 4.01. The maximum atomic E-state index is 12.9. The Balaban J connectivity index is 2.66. The molecule has 0 saturated carbocycles. The lowest BCUT2D eigenvalue weighted by molar-refractivity contribution is 0.0724. The van der Waals surface area contributed by atoms with Gasteiger partial charge in [0, 0.05) is 17.9 Å². The van der Waals surface area contributed by atoms with Gasteiger partial charge in [-0.1, -0.05) is 0 Å². The van der Waals surface area contributed by atoms with Crippen LogP contribution in [0.25, 0.3) is 0 Å². The summed E-state index contributed by atoms with van der Waals surface area (Å²) in [7, 11) is 0. The fourth-order valence-corrected chi connectivity index (χ4v) is 2.33. The summed E-state index contributed by atoms with van der Waals surface area (Å²) in [5.41, 5.74) is 0.0663. The standard InChI is InChI=1S/C13H18FNO2S/c1-9-6-10(14)4-5-11(9)12(16)15-7-13(2,17)8-18-3/h4-6,17H,7-8H2,1-3H3,(H,15,16). The van der Waals surface area contributed by atoms with Crippen molar-refractivity contribution >= 4 is 17.7 Å². The van der Waals surface area contributed by atoms with E-state index >= 15 is 0 Å². The third-order valence-electron chi connectivity index (χ3n) is 2.52. The molecule has 1 unspecified atom stereocenters. The maximum Gasteiger partial charge on any atom is 0.251 e. The predicted molar refractivity (Wildman–Crippen MR) is 72.5 cm³/mol. The highest BCUT2D eigenvalue weighted by Gasteiger charge is 2.21. The molecule has 0 heterocycles. The van der Waals surface area contributed by atoms with Gasteiger partial charge in [-0.2, -0.15) is 11.8 Å². The molecule has 100 valence electrons. The molecule has 1 aromatic carbocycles. The molecule has 0 spiro atoms. The fraction of sp³-hybridized carbons (Fsp3) is 0.462. The molecular weight excluding hydrogens is 253 g/mol. The molecule has 5 heteroatoms. The van der Waals surface area contributed by atoms with Gasteiger partial charge in [0.05, 0.1) is 5.60 Å². The topological polar surface area (TPSA) is 49.3 Å². The van der Waals surface area contributed by atoms with Gasteiger partial charge in [-0.15, -0.1) is 0 Å². The number of benzene rings is 1. The third-order valence-corrected chi connectivity index (χ3v) is 3.43. The Morgan fingerprint density at radius 1 is 1.56 bits per heavy atom.